The number of nitrogens with two attached hydrogens (primary N) is 1. The Bertz CT molecular complexity index is 317. The van der Waals surface area contributed by atoms with Crippen LogP contribution in [0.3, 0.4) is 0 Å². The van der Waals surface area contributed by atoms with Crippen molar-refractivity contribution in [3.05, 3.63) is 28.2 Å². The molecule has 1 rings (SSSR count). The zero-order valence-electron chi connectivity index (χ0n) is 8.74. The molecule has 84 valence electrons. The predicted molar refractivity (Wildman–Crippen MR) is 63.8 cm³/mol. The van der Waals surface area contributed by atoms with Gasteiger partial charge < -0.3 is 15.6 Å². The third-order valence-electron chi connectivity index (χ3n) is 2.13. The first-order chi connectivity index (χ1) is 7.17. The normalized spacial score (nSPS) is 12.5. The minimum atomic E-state index is -0.411. The summed E-state index contributed by atoms with van der Waals surface area (Å²) in [6, 6.07) is 5.70. The molecule has 0 aliphatic rings. The number of hydrogen-bond acceptors (Lipinski definition) is 3. The van der Waals surface area contributed by atoms with Crippen LogP contribution in [0, 0.1) is 0 Å². The molecule has 0 saturated carbocycles. The third-order valence-corrected chi connectivity index (χ3v) is 2.75. The SMILES string of the molecule is CCC(O)COc1ccc(CN)cc1Br. The van der Waals surface area contributed by atoms with Gasteiger partial charge in [-0.1, -0.05) is 13.0 Å². The second-order valence-electron chi connectivity index (χ2n) is 3.34. The highest BCUT2D eigenvalue weighted by atomic mass is 79.9. The monoisotopic (exact) mass is 273 g/mol. The molecule has 0 aromatic heterocycles. The van der Waals surface area contributed by atoms with Gasteiger partial charge in [0.15, 0.2) is 0 Å². The topological polar surface area (TPSA) is 55.5 Å². The molecule has 3 nitrogen and oxygen atoms in total. The molecule has 0 radical (unpaired) electrons. The van der Waals surface area contributed by atoms with E-state index in [0.717, 1.165) is 15.8 Å². The minimum Gasteiger partial charge on any atom is -0.490 e. The molecule has 15 heavy (non-hydrogen) atoms. The zero-order valence-corrected chi connectivity index (χ0v) is 10.3. The van der Waals surface area contributed by atoms with Gasteiger partial charge in [0.05, 0.1) is 10.6 Å². The van der Waals surface area contributed by atoms with Crippen LogP contribution < -0.4 is 10.5 Å². The van der Waals surface area contributed by atoms with Gasteiger partial charge >= 0.3 is 0 Å². The van der Waals surface area contributed by atoms with Crippen LogP contribution in [0.25, 0.3) is 0 Å². The van der Waals surface area contributed by atoms with E-state index in [1.165, 1.54) is 0 Å². The van der Waals surface area contributed by atoms with Gasteiger partial charge in [-0.15, -0.1) is 0 Å². The van der Waals surface area contributed by atoms with Crippen molar-refractivity contribution in [2.45, 2.75) is 26.0 Å². The largest absolute Gasteiger partial charge is 0.490 e. The van der Waals surface area contributed by atoms with Gasteiger partial charge in [0.1, 0.15) is 12.4 Å². The Morgan fingerprint density at radius 3 is 2.80 bits per heavy atom. The van der Waals surface area contributed by atoms with Crippen molar-refractivity contribution < 1.29 is 9.84 Å². The summed E-state index contributed by atoms with van der Waals surface area (Å²) in [5, 5.41) is 9.35. The van der Waals surface area contributed by atoms with Crippen LogP contribution >= 0.6 is 15.9 Å². The molecule has 1 aromatic carbocycles. The van der Waals surface area contributed by atoms with E-state index in [2.05, 4.69) is 15.9 Å². The van der Waals surface area contributed by atoms with E-state index in [-0.39, 0.29) is 0 Å². The molecule has 1 aromatic rings. The fraction of sp³-hybridized carbons (Fsp3) is 0.455. The number of ether oxygens (including phenoxy) is 1. The summed E-state index contributed by atoms with van der Waals surface area (Å²) in [6.07, 6.45) is 0.282. The Labute approximate surface area is 98.4 Å². The van der Waals surface area contributed by atoms with Gasteiger partial charge in [0.2, 0.25) is 0 Å². The lowest BCUT2D eigenvalue weighted by atomic mass is 10.2. The van der Waals surface area contributed by atoms with Crippen molar-refractivity contribution >= 4 is 15.9 Å². The van der Waals surface area contributed by atoms with Crippen molar-refractivity contribution in [3.63, 3.8) is 0 Å². The summed E-state index contributed by atoms with van der Waals surface area (Å²) >= 11 is 3.40. The van der Waals surface area contributed by atoms with Crippen LogP contribution in [-0.2, 0) is 6.54 Å². The fourth-order valence-electron chi connectivity index (χ4n) is 1.09. The molecule has 0 saturated heterocycles. The Morgan fingerprint density at radius 1 is 1.53 bits per heavy atom. The van der Waals surface area contributed by atoms with Crippen LogP contribution in [0.5, 0.6) is 5.75 Å². The molecule has 0 bridgehead atoms. The van der Waals surface area contributed by atoms with Crippen LogP contribution in [0.1, 0.15) is 18.9 Å². The molecular formula is C11H16BrNO2. The maximum Gasteiger partial charge on any atom is 0.133 e. The van der Waals surface area contributed by atoms with E-state index in [1.807, 2.05) is 25.1 Å². The third kappa shape index (κ3) is 3.81. The van der Waals surface area contributed by atoms with E-state index in [4.69, 9.17) is 10.5 Å². The van der Waals surface area contributed by atoms with E-state index in [0.29, 0.717) is 19.6 Å². The number of halogens is 1. The Morgan fingerprint density at radius 2 is 2.27 bits per heavy atom. The summed E-state index contributed by atoms with van der Waals surface area (Å²) in [5.74, 6) is 0.736. The second kappa shape index (κ2) is 6.10. The zero-order chi connectivity index (χ0) is 11.3. The predicted octanol–water partition coefficient (Wildman–Crippen LogP) is 2.06. The number of aliphatic hydroxyl groups excluding tert-OH is 1. The Balaban J connectivity index is 2.62. The summed E-state index contributed by atoms with van der Waals surface area (Å²) in [5.41, 5.74) is 6.56. The maximum atomic E-state index is 9.35. The highest BCUT2D eigenvalue weighted by Crippen LogP contribution is 2.26. The lowest BCUT2D eigenvalue weighted by Gasteiger charge is -2.12. The maximum absolute atomic E-state index is 9.35. The summed E-state index contributed by atoms with van der Waals surface area (Å²) in [6.45, 7) is 2.74. The number of hydrogen-bond donors (Lipinski definition) is 2. The number of rotatable bonds is 5. The number of aliphatic hydroxyl groups is 1. The molecule has 0 heterocycles. The highest BCUT2D eigenvalue weighted by molar-refractivity contribution is 9.10. The minimum absolute atomic E-state index is 0.317. The Hall–Kier alpha value is -0.580. The molecule has 0 aliphatic heterocycles. The van der Waals surface area contributed by atoms with Gasteiger partial charge in [-0.25, -0.2) is 0 Å². The van der Waals surface area contributed by atoms with Crippen molar-refractivity contribution in [3.8, 4) is 5.75 Å². The van der Waals surface area contributed by atoms with Crippen molar-refractivity contribution in [1.29, 1.82) is 0 Å². The van der Waals surface area contributed by atoms with Crippen molar-refractivity contribution in [2.75, 3.05) is 6.61 Å². The number of benzene rings is 1. The molecule has 0 spiro atoms. The van der Waals surface area contributed by atoms with Crippen molar-refractivity contribution in [2.24, 2.45) is 5.73 Å². The lowest BCUT2D eigenvalue weighted by molar-refractivity contribution is 0.104. The molecule has 1 unspecified atom stereocenters. The molecule has 1 atom stereocenters. The molecule has 3 N–H and O–H groups in total. The average molecular weight is 274 g/mol. The average Bonchev–Trinajstić information content (AvgIpc) is 2.26. The van der Waals surface area contributed by atoms with Gasteiger partial charge in [-0.3, -0.25) is 0 Å². The van der Waals surface area contributed by atoms with Crippen LogP contribution in [0.4, 0.5) is 0 Å². The summed E-state index contributed by atoms with van der Waals surface area (Å²) in [4.78, 5) is 0. The first-order valence-corrected chi connectivity index (χ1v) is 5.76. The summed E-state index contributed by atoms with van der Waals surface area (Å²) in [7, 11) is 0. The highest BCUT2D eigenvalue weighted by Gasteiger charge is 2.05. The molecular weight excluding hydrogens is 258 g/mol. The summed E-state index contributed by atoms with van der Waals surface area (Å²) < 4.78 is 6.32. The van der Waals surface area contributed by atoms with Crippen molar-refractivity contribution in [1.82, 2.24) is 0 Å². The first-order valence-electron chi connectivity index (χ1n) is 4.96. The van der Waals surface area contributed by atoms with Gasteiger partial charge in [-0.2, -0.15) is 0 Å². The van der Waals surface area contributed by atoms with Gasteiger partial charge in [0, 0.05) is 6.54 Å². The van der Waals surface area contributed by atoms with Crippen LogP contribution in [0.15, 0.2) is 22.7 Å². The molecule has 0 amide bonds. The molecule has 0 aliphatic carbocycles. The van der Waals surface area contributed by atoms with E-state index in [1.54, 1.807) is 0 Å². The van der Waals surface area contributed by atoms with E-state index >= 15 is 0 Å². The molecule has 0 fully saturated rings. The quantitative estimate of drug-likeness (QED) is 0.864. The van der Waals surface area contributed by atoms with E-state index < -0.39 is 6.10 Å². The lowest BCUT2D eigenvalue weighted by Crippen LogP contribution is -2.16. The second-order valence-corrected chi connectivity index (χ2v) is 4.20. The van der Waals surface area contributed by atoms with Gasteiger partial charge in [-0.05, 0) is 40.0 Å². The van der Waals surface area contributed by atoms with Crippen LogP contribution in [0.2, 0.25) is 0 Å². The van der Waals surface area contributed by atoms with Crippen LogP contribution in [-0.4, -0.2) is 17.8 Å². The molecule has 4 heteroatoms. The smallest absolute Gasteiger partial charge is 0.133 e. The Kier molecular flexibility index (Phi) is 5.08. The standard InChI is InChI=1S/C11H16BrNO2/c1-2-9(14)7-15-11-4-3-8(6-13)5-10(11)12/h3-5,9,14H,2,6-7,13H2,1H3. The van der Waals surface area contributed by atoms with Gasteiger partial charge in [0.25, 0.3) is 0 Å². The first kappa shape index (κ1) is 12.5. The van der Waals surface area contributed by atoms with E-state index in [9.17, 15) is 5.11 Å². The fourth-order valence-corrected chi connectivity index (χ4v) is 1.63.